The van der Waals surface area contributed by atoms with E-state index >= 15 is 0 Å². The van der Waals surface area contributed by atoms with E-state index in [-0.39, 0.29) is 12.5 Å². The van der Waals surface area contributed by atoms with Gasteiger partial charge in [0, 0.05) is 18.7 Å². The van der Waals surface area contributed by atoms with E-state index in [1.807, 2.05) is 58.0 Å². The molecule has 0 atom stereocenters. The van der Waals surface area contributed by atoms with E-state index in [2.05, 4.69) is 0 Å². The number of nitrogens with zero attached hydrogens (tertiary/aromatic N) is 2. The predicted molar refractivity (Wildman–Crippen MR) is 111 cm³/mol. The number of carbonyl (C=O) groups excluding carboxylic acids is 1. The van der Waals surface area contributed by atoms with Crippen molar-refractivity contribution in [1.82, 2.24) is 4.90 Å². The van der Waals surface area contributed by atoms with Gasteiger partial charge in [0.2, 0.25) is 10.0 Å². The molecule has 0 N–H and O–H groups in total. The molecule has 0 aromatic heterocycles. The lowest BCUT2D eigenvalue weighted by molar-refractivity contribution is 0.0773. The summed E-state index contributed by atoms with van der Waals surface area (Å²) in [5.74, 6) is -0.0133. The molecule has 0 heterocycles. The fraction of sp³-hybridized carbons (Fsp3) is 0.381. The lowest BCUT2D eigenvalue weighted by Gasteiger charge is -2.24. The summed E-state index contributed by atoms with van der Waals surface area (Å²) in [6.45, 7) is 9.40. The maximum absolute atomic E-state index is 12.4. The Hall–Kier alpha value is -2.34. The Kier molecular flexibility index (Phi) is 6.65. The third kappa shape index (κ3) is 5.10. The van der Waals surface area contributed by atoms with E-state index in [1.165, 1.54) is 10.6 Å². The van der Waals surface area contributed by atoms with Crippen LogP contribution in [0, 0.1) is 13.8 Å². The first-order valence-corrected chi connectivity index (χ1v) is 10.9. The van der Waals surface area contributed by atoms with Gasteiger partial charge in [-0.3, -0.25) is 9.10 Å². The van der Waals surface area contributed by atoms with Gasteiger partial charge in [-0.15, -0.1) is 0 Å². The number of amides is 1. The second kappa shape index (κ2) is 8.57. The van der Waals surface area contributed by atoms with E-state index in [0.717, 1.165) is 16.7 Å². The topological polar surface area (TPSA) is 57.7 Å². The van der Waals surface area contributed by atoms with E-state index in [9.17, 15) is 13.2 Å². The molecule has 146 valence electrons. The molecule has 0 saturated carbocycles. The first-order valence-electron chi connectivity index (χ1n) is 9.10. The van der Waals surface area contributed by atoms with Gasteiger partial charge in [-0.1, -0.05) is 18.2 Å². The molecular formula is C21H28N2O3S. The molecule has 0 spiro atoms. The summed E-state index contributed by atoms with van der Waals surface area (Å²) in [5, 5.41) is 0. The van der Waals surface area contributed by atoms with Gasteiger partial charge in [-0.2, -0.15) is 0 Å². The zero-order valence-electron chi connectivity index (χ0n) is 16.7. The van der Waals surface area contributed by atoms with Crippen LogP contribution >= 0.6 is 0 Å². The third-order valence-corrected chi connectivity index (χ3v) is 5.90. The van der Waals surface area contributed by atoms with Crippen molar-refractivity contribution in [3.05, 3.63) is 64.7 Å². The number of hydrogen-bond donors (Lipinski definition) is 0. The third-order valence-electron chi connectivity index (χ3n) is 4.76. The quantitative estimate of drug-likeness (QED) is 0.726. The van der Waals surface area contributed by atoms with Crippen LogP contribution in [0.15, 0.2) is 42.5 Å². The molecule has 6 heteroatoms. The van der Waals surface area contributed by atoms with Gasteiger partial charge in [0.25, 0.3) is 5.91 Å². The van der Waals surface area contributed by atoms with E-state index in [0.29, 0.717) is 24.3 Å². The molecule has 0 bridgehead atoms. The molecule has 2 aromatic carbocycles. The van der Waals surface area contributed by atoms with Crippen molar-refractivity contribution in [2.24, 2.45) is 0 Å². The first-order chi connectivity index (χ1) is 12.7. The molecule has 1 amide bonds. The van der Waals surface area contributed by atoms with Crippen LogP contribution in [-0.2, 0) is 16.6 Å². The van der Waals surface area contributed by atoms with Gasteiger partial charge in [0.05, 0.1) is 18.5 Å². The van der Waals surface area contributed by atoms with Gasteiger partial charge in [-0.25, -0.2) is 8.42 Å². The highest BCUT2D eigenvalue weighted by Gasteiger charge is 2.19. The number of hydrogen-bond acceptors (Lipinski definition) is 3. The summed E-state index contributed by atoms with van der Waals surface area (Å²) in [5.41, 5.74) is 4.24. The molecule has 2 aromatic rings. The van der Waals surface area contributed by atoms with Crippen LogP contribution in [0.3, 0.4) is 0 Å². The number of rotatable bonds is 7. The van der Waals surface area contributed by atoms with Crippen molar-refractivity contribution < 1.29 is 13.2 Å². The van der Waals surface area contributed by atoms with Crippen molar-refractivity contribution in [2.75, 3.05) is 23.7 Å². The lowest BCUT2D eigenvalue weighted by atomic mass is 10.1. The maximum atomic E-state index is 12.4. The van der Waals surface area contributed by atoms with Crippen molar-refractivity contribution in [3.63, 3.8) is 0 Å². The van der Waals surface area contributed by atoms with Gasteiger partial charge < -0.3 is 4.90 Å². The molecular weight excluding hydrogens is 360 g/mol. The number of benzene rings is 2. The summed E-state index contributed by atoms with van der Waals surface area (Å²) in [6.07, 6.45) is 1.21. The predicted octanol–water partition coefficient (Wildman–Crippen LogP) is 3.75. The molecule has 0 aliphatic heterocycles. The number of sulfonamides is 1. The molecule has 0 fully saturated rings. The fourth-order valence-corrected chi connectivity index (χ4v) is 3.77. The Labute approximate surface area is 162 Å². The van der Waals surface area contributed by atoms with E-state index in [1.54, 1.807) is 17.0 Å². The Morgan fingerprint density at radius 2 is 1.52 bits per heavy atom. The highest BCUT2D eigenvalue weighted by atomic mass is 32.2. The SMILES string of the molecule is CCN(CC)C(=O)c1ccc(CN(c2ccc(C)c(C)c2)S(C)(=O)=O)cc1. The molecule has 2 rings (SSSR count). The highest BCUT2D eigenvalue weighted by molar-refractivity contribution is 7.92. The van der Waals surface area contributed by atoms with Crippen molar-refractivity contribution >= 4 is 21.6 Å². The Bertz CT molecular complexity index is 902. The van der Waals surface area contributed by atoms with Crippen molar-refractivity contribution in [3.8, 4) is 0 Å². The second-order valence-electron chi connectivity index (χ2n) is 6.71. The van der Waals surface area contributed by atoms with Crippen LogP contribution in [0.4, 0.5) is 5.69 Å². The Morgan fingerprint density at radius 1 is 0.926 bits per heavy atom. The second-order valence-corrected chi connectivity index (χ2v) is 8.62. The summed E-state index contributed by atoms with van der Waals surface area (Å²) >= 11 is 0. The Balaban J connectivity index is 2.28. The standard InChI is InChI=1S/C21H28N2O3S/c1-6-22(7-2)21(24)19-11-9-18(10-12-19)15-23(27(5,25)26)20-13-8-16(3)17(4)14-20/h8-14H,6-7,15H2,1-5H3. The summed E-state index contributed by atoms with van der Waals surface area (Å²) < 4.78 is 26.1. The fourth-order valence-electron chi connectivity index (χ4n) is 2.89. The lowest BCUT2D eigenvalue weighted by Crippen LogP contribution is -2.31. The van der Waals surface area contributed by atoms with Crippen LogP contribution in [0.5, 0.6) is 0 Å². The number of anilines is 1. The summed E-state index contributed by atoms with van der Waals surface area (Å²) in [7, 11) is -3.44. The van der Waals surface area contributed by atoms with Gasteiger partial charge in [-0.05, 0) is 68.7 Å². The molecule has 0 aliphatic carbocycles. The van der Waals surface area contributed by atoms with E-state index in [4.69, 9.17) is 0 Å². The zero-order chi connectivity index (χ0) is 20.2. The average Bonchev–Trinajstić information content (AvgIpc) is 2.62. The maximum Gasteiger partial charge on any atom is 0.253 e. The zero-order valence-corrected chi connectivity index (χ0v) is 17.5. The van der Waals surface area contributed by atoms with Crippen LogP contribution < -0.4 is 4.31 Å². The minimum Gasteiger partial charge on any atom is -0.339 e. The van der Waals surface area contributed by atoms with Crippen LogP contribution in [0.1, 0.15) is 40.9 Å². The molecule has 5 nitrogen and oxygen atoms in total. The molecule has 0 radical (unpaired) electrons. The number of aryl methyl sites for hydroxylation is 2. The Morgan fingerprint density at radius 3 is 2.00 bits per heavy atom. The summed E-state index contributed by atoms with van der Waals surface area (Å²) in [6, 6.07) is 12.8. The van der Waals surface area contributed by atoms with E-state index < -0.39 is 10.0 Å². The van der Waals surface area contributed by atoms with Crippen LogP contribution in [0.2, 0.25) is 0 Å². The van der Waals surface area contributed by atoms with Crippen molar-refractivity contribution in [2.45, 2.75) is 34.2 Å². The molecule has 0 saturated heterocycles. The normalized spacial score (nSPS) is 11.3. The molecule has 0 unspecified atom stereocenters. The molecule has 27 heavy (non-hydrogen) atoms. The number of carbonyl (C=O) groups is 1. The van der Waals surface area contributed by atoms with Gasteiger partial charge in [0.1, 0.15) is 0 Å². The largest absolute Gasteiger partial charge is 0.339 e. The minimum atomic E-state index is -3.44. The smallest absolute Gasteiger partial charge is 0.253 e. The minimum absolute atomic E-state index is 0.0133. The average molecular weight is 389 g/mol. The van der Waals surface area contributed by atoms with Crippen LogP contribution in [-0.4, -0.2) is 38.6 Å². The van der Waals surface area contributed by atoms with Gasteiger partial charge >= 0.3 is 0 Å². The first kappa shape index (κ1) is 21.0. The van der Waals surface area contributed by atoms with Gasteiger partial charge in [0.15, 0.2) is 0 Å². The monoisotopic (exact) mass is 388 g/mol. The molecule has 0 aliphatic rings. The van der Waals surface area contributed by atoms with Crippen LogP contribution in [0.25, 0.3) is 0 Å². The van der Waals surface area contributed by atoms with Crippen molar-refractivity contribution in [1.29, 1.82) is 0 Å². The highest BCUT2D eigenvalue weighted by Crippen LogP contribution is 2.23. The summed E-state index contributed by atoms with van der Waals surface area (Å²) in [4.78, 5) is 14.2.